The second kappa shape index (κ2) is 5.55. The van der Waals surface area contributed by atoms with Crippen LogP contribution in [-0.4, -0.2) is 26.3 Å². The van der Waals surface area contributed by atoms with Crippen LogP contribution in [0.25, 0.3) is 32.9 Å². The molecule has 0 aliphatic carbocycles. The largest absolute Gasteiger partial charge is 0.396 e. The third-order valence-corrected chi connectivity index (χ3v) is 4.40. The summed E-state index contributed by atoms with van der Waals surface area (Å²) in [6.07, 6.45) is 2.61. The Balaban J connectivity index is 2.06. The highest BCUT2D eigenvalue weighted by Gasteiger charge is 2.17. The first kappa shape index (κ1) is 15.1. The van der Waals surface area contributed by atoms with Gasteiger partial charge in [-0.25, -0.2) is 0 Å². The number of anilines is 1. The molecule has 2 heterocycles. The Bertz CT molecular complexity index is 1130. The normalized spacial score (nSPS) is 11.2. The number of aryl methyl sites for hydroxylation is 1. The zero-order valence-corrected chi connectivity index (χ0v) is 13.6. The highest BCUT2D eigenvalue weighted by molar-refractivity contribution is 6.08. The SMILES string of the molecule is CCc1ccc2c(N)c(C(N)=O)nnc2c1-c1ccc2[nH]ncc2c1. The lowest BCUT2D eigenvalue weighted by Crippen LogP contribution is -2.17. The lowest BCUT2D eigenvalue weighted by Gasteiger charge is -2.13. The summed E-state index contributed by atoms with van der Waals surface area (Å²) in [5.41, 5.74) is 16.4. The number of carbonyl (C=O) groups is 1. The number of aromatic amines is 1. The van der Waals surface area contributed by atoms with Crippen molar-refractivity contribution in [2.24, 2.45) is 5.73 Å². The third kappa shape index (κ3) is 2.28. The number of nitrogens with one attached hydrogen (secondary N) is 1. The minimum absolute atomic E-state index is 0.00650. The summed E-state index contributed by atoms with van der Waals surface area (Å²) in [6, 6.07) is 9.90. The second-order valence-electron chi connectivity index (χ2n) is 5.85. The van der Waals surface area contributed by atoms with Crippen LogP contribution in [0.5, 0.6) is 0 Å². The average Bonchev–Trinajstić information content (AvgIpc) is 3.08. The van der Waals surface area contributed by atoms with Crippen molar-refractivity contribution in [3.05, 3.63) is 47.8 Å². The first-order valence-corrected chi connectivity index (χ1v) is 7.91. The van der Waals surface area contributed by atoms with Crippen LogP contribution in [0, 0.1) is 0 Å². The molecule has 0 aliphatic rings. The average molecular weight is 332 g/mol. The smallest absolute Gasteiger partial charge is 0.271 e. The van der Waals surface area contributed by atoms with Crippen LogP contribution in [0.2, 0.25) is 0 Å². The molecule has 0 spiro atoms. The van der Waals surface area contributed by atoms with Gasteiger partial charge in [-0.2, -0.15) is 5.10 Å². The van der Waals surface area contributed by atoms with Crippen molar-refractivity contribution in [1.29, 1.82) is 0 Å². The van der Waals surface area contributed by atoms with Gasteiger partial charge in [0.2, 0.25) is 0 Å². The van der Waals surface area contributed by atoms with Crippen molar-refractivity contribution < 1.29 is 4.79 Å². The molecule has 7 heteroatoms. The molecule has 0 aliphatic heterocycles. The molecule has 25 heavy (non-hydrogen) atoms. The number of hydrogen-bond acceptors (Lipinski definition) is 5. The Labute approximate surface area is 143 Å². The number of rotatable bonds is 3. The maximum Gasteiger partial charge on any atom is 0.271 e. The van der Waals surface area contributed by atoms with Crippen molar-refractivity contribution in [1.82, 2.24) is 20.4 Å². The standard InChI is InChI=1S/C18H16N6O/c1-2-9-3-5-12-15(19)17(18(20)25)24-23-16(12)14(9)10-4-6-13-11(7-10)8-21-22-13/h3-8H,2H2,1H3,(H2,19,23)(H2,20,25)(H,21,22). The molecule has 7 nitrogen and oxygen atoms in total. The number of hydrogen-bond donors (Lipinski definition) is 3. The van der Waals surface area contributed by atoms with Crippen molar-refractivity contribution in [2.75, 3.05) is 5.73 Å². The lowest BCUT2D eigenvalue weighted by atomic mass is 9.94. The number of aromatic nitrogens is 4. The van der Waals surface area contributed by atoms with Gasteiger partial charge in [0.05, 0.1) is 17.4 Å². The maximum atomic E-state index is 11.5. The van der Waals surface area contributed by atoms with E-state index in [1.165, 1.54) is 0 Å². The molecule has 124 valence electrons. The van der Waals surface area contributed by atoms with Crippen molar-refractivity contribution >= 4 is 33.4 Å². The van der Waals surface area contributed by atoms with Gasteiger partial charge in [-0.15, -0.1) is 10.2 Å². The van der Waals surface area contributed by atoms with Gasteiger partial charge in [0, 0.05) is 16.3 Å². The molecule has 1 amide bonds. The molecular weight excluding hydrogens is 316 g/mol. The summed E-state index contributed by atoms with van der Waals surface area (Å²) in [7, 11) is 0. The number of carbonyl (C=O) groups excluding carboxylic acids is 1. The predicted octanol–water partition coefficient (Wildman–Crippen LogP) is 2.42. The Hall–Kier alpha value is -3.48. The first-order chi connectivity index (χ1) is 12.1. The zero-order valence-electron chi connectivity index (χ0n) is 13.6. The Kier molecular flexibility index (Phi) is 3.35. The quantitative estimate of drug-likeness (QED) is 0.531. The topological polar surface area (TPSA) is 124 Å². The van der Waals surface area contributed by atoms with Crippen LogP contribution in [0.1, 0.15) is 23.0 Å². The van der Waals surface area contributed by atoms with Crippen molar-refractivity contribution in [3.8, 4) is 11.1 Å². The summed E-state index contributed by atoms with van der Waals surface area (Å²) in [4.78, 5) is 11.5. The molecule has 5 N–H and O–H groups in total. The number of nitrogen functional groups attached to an aromatic ring is 1. The van der Waals surface area contributed by atoms with Crippen molar-refractivity contribution in [2.45, 2.75) is 13.3 Å². The molecule has 4 aromatic rings. The van der Waals surface area contributed by atoms with Crippen LogP contribution in [-0.2, 0) is 6.42 Å². The second-order valence-corrected chi connectivity index (χ2v) is 5.85. The van der Waals surface area contributed by atoms with Gasteiger partial charge >= 0.3 is 0 Å². The minimum Gasteiger partial charge on any atom is -0.396 e. The van der Waals surface area contributed by atoms with Gasteiger partial charge in [0.15, 0.2) is 5.69 Å². The molecule has 0 unspecified atom stereocenters. The summed E-state index contributed by atoms with van der Waals surface area (Å²) in [5.74, 6) is -0.687. The van der Waals surface area contributed by atoms with Gasteiger partial charge in [-0.1, -0.05) is 25.1 Å². The number of nitrogens with two attached hydrogens (primary N) is 2. The highest BCUT2D eigenvalue weighted by atomic mass is 16.1. The Morgan fingerprint density at radius 1 is 1.20 bits per heavy atom. The molecule has 0 fully saturated rings. The minimum atomic E-state index is -0.687. The molecule has 0 atom stereocenters. The van der Waals surface area contributed by atoms with E-state index in [-0.39, 0.29) is 11.4 Å². The summed E-state index contributed by atoms with van der Waals surface area (Å²) < 4.78 is 0. The molecular formula is C18H16N6O. The summed E-state index contributed by atoms with van der Waals surface area (Å²) in [6.45, 7) is 2.08. The maximum absolute atomic E-state index is 11.5. The molecule has 0 bridgehead atoms. The fraction of sp³-hybridized carbons (Fsp3) is 0.111. The van der Waals surface area contributed by atoms with E-state index in [9.17, 15) is 4.79 Å². The van der Waals surface area contributed by atoms with Crippen LogP contribution >= 0.6 is 0 Å². The van der Waals surface area contributed by atoms with E-state index in [2.05, 4.69) is 27.3 Å². The lowest BCUT2D eigenvalue weighted by molar-refractivity contribution is 0.0996. The van der Waals surface area contributed by atoms with Crippen LogP contribution < -0.4 is 11.5 Å². The Morgan fingerprint density at radius 2 is 2.04 bits per heavy atom. The van der Waals surface area contributed by atoms with Gasteiger partial charge in [0.1, 0.15) is 5.52 Å². The van der Waals surface area contributed by atoms with E-state index in [0.29, 0.717) is 10.9 Å². The third-order valence-electron chi connectivity index (χ3n) is 4.40. The molecule has 2 aromatic heterocycles. The Morgan fingerprint density at radius 3 is 2.80 bits per heavy atom. The molecule has 0 saturated carbocycles. The van der Waals surface area contributed by atoms with E-state index in [0.717, 1.165) is 34.0 Å². The van der Waals surface area contributed by atoms with E-state index < -0.39 is 5.91 Å². The van der Waals surface area contributed by atoms with E-state index in [1.807, 2.05) is 30.3 Å². The first-order valence-electron chi connectivity index (χ1n) is 7.91. The van der Waals surface area contributed by atoms with E-state index in [1.54, 1.807) is 6.20 Å². The predicted molar refractivity (Wildman–Crippen MR) is 96.9 cm³/mol. The van der Waals surface area contributed by atoms with Crippen LogP contribution in [0.15, 0.2) is 36.5 Å². The molecule has 0 radical (unpaired) electrons. The number of fused-ring (bicyclic) bond motifs is 2. The molecule has 0 saturated heterocycles. The number of amides is 1. The monoisotopic (exact) mass is 332 g/mol. The van der Waals surface area contributed by atoms with Gasteiger partial charge < -0.3 is 11.5 Å². The van der Waals surface area contributed by atoms with Crippen molar-refractivity contribution in [3.63, 3.8) is 0 Å². The highest BCUT2D eigenvalue weighted by Crippen LogP contribution is 2.35. The number of H-pyrrole nitrogens is 1. The van der Waals surface area contributed by atoms with Gasteiger partial charge in [-0.05, 0) is 29.7 Å². The van der Waals surface area contributed by atoms with Gasteiger partial charge in [0.25, 0.3) is 5.91 Å². The van der Waals surface area contributed by atoms with E-state index in [4.69, 9.17) is 11.5 Å². The fourth-order valence-corrected chi connectivity index (χ4v) is 3.13. The van der Waals surface area contributed by atoms with E-state index >= 15 is 0 Å². The molecule has 4 rings (SSSR count). The van der Waals surface area contributed by atoms with Crippen LogP contribution in [0.4, 0.5) is 5.69 Å². The fourth-order valence-electron chi connectivity index (χ4n) is 3.13. The molecule has 2 aromatic carbocycles. The van der Waals surface area contributed by atoms with Gasteiger partial charge in [-0.3, -0.25) is 9.89 Å². The summed E-state index contributed by atoms with van der Waals surface area (Å²) >= 11 is 0. The van der Waals surface area contributed by atoms with Crippen LogP contribution in [0.3, 0.4) is 0 Å². The number of primary amides is 1. The number of nitrogens with zero attached hydrogens (tertiary/aromatic N) is 3. The number of benzene rings is 2. The zero-order chi connectivity index (χ0) is 17.6. The summed E-state index contributed by atoms with van der Waals surface area (Å²) in [5, 5.41) is 16.9.